The molecule has 0 saturated carbocycles. The molecule has 0 atom stereocenters. The molecule has 1 heterocycles. The summed E-state index contributed by atoms with van der Waals surface area (Å²) in [6.45, 7) is 17.9. The van der Waals surface area contributed by atoms with Gasteiger partial charge in [-0.3, -0.25) is 4.90 Å². The summed E-state index contributed by atoms with van der Waals surface area (Å²) >= 11 is 0. The van der Waals surface area contributed by atoms with Crippen LogP contribution in [0.15, 0.2) is 12.2 Å². The van der Waals surface area contributed by atoms with Gasteiger partial charge in [-0.15, -0.1) is 0 Å². The van der Waals surface area contributed by atoms with Gasteiger partial charge in [-0.1, -0.05) is 6.58 Å². The minimum Gasteiger partial charge on any atom is -0.378 e. The zero-order valence-corrected chi connectivity index (χ0v) is 12.6. The summed E-state index contributed by atoms with van der Waals surface area (Å²) in [5.74, 6) is 0. The molecule has 1 fully saturated rings. The molecule has 3 heteroatoms. The Labute approximate surface area is 113 Å². The third-order valence-corrected chi connectivity index (χ3v) is 3.25. The summed E-state index contributed by atoms with van der Waals surface area (Å²) in [5.41, 5.74) is 1.45. The van der Waals surface area contributed by atoms with Crippen LogP contribution in [0, 0.1) is 0 Å². The molecule has 18 heavy (non-hydrogen) atoms. The Morgan fingerprint density at radius 2 is 1.94 bits per heavy atom. The van der Waals surface area contributed by atoms with Crippen molar-refractivity contribution >= 4 is 0 Å². The maximum atomic E-state index is 5.67. The van der Waals surface area contributed by atoms with Crippen LogP contribution in [0.25, 0.3) is 0 Å². The second kappa shape index (κ2) is 7.27. The Morgan fingerprint density at radius 3 is 2.44 bits per heavy atom. The van der Waals surface area contributed by atoms with Crippen LogP contribution >= 0.6 is 0 Å². The van der Waals surface area contributed by atoms with Gasteiger partial charge in [0.2, 0.25) is 0 Å². The van der Waals surface area contributed by atoms with Crippen molar-refractivity contribution in [1.29, 1.82) is 0 Å². The minimum absolute atomic E-state index is 0.172. The first kappa shape index (κ1) is 15.7. The lowest BCUT2D eigenvalue weighted by atomic mass is 10.1. The number of nitrogens with zero attached hydrogens (tertiary/aromatic N) is 1. The molecule has 1 N–H and O–H groups in total. The van der Waals surface area contributed by atoms with Crippen LogP contribution in [0.3, 0.4) is 0 Å². The molecule has 1 aliphatic rings. The molecule has 0 amide bonds. The SMILES string of the molecule is C=C(CNC(C)(C)C)CN1CCC(OCC)CC1. The van der Waals surface area contributed by atoms with Gasteiger partial charge in [0.25, 0.3) is 0 Å². The number of rotatable bonds is 6. The van der Waals surface area contributed by atoms with Crippen molar-refractivity contribution in [3.8, 4) is 0 Å². The van der Waals surface area contributed by atoms with E-state index in [4.69, 9.17) is 4.74 Å². The number of piperidine rings is 1. The molecule has 106 valence electrons. The summed E-state index contributed by atoms with van der Waals surface area (Å²) < 4.78 is 5.67. The predicted molar refractivity (Wildman–Crippen MR) is 78.0 cm³/mol. The smallest absolute Gasteiger partial charge is 0.0599 e. The largest absolute Gasteiger partial charge is 0.378 e. The lowest BCUT2D eigenvalue weighted by Crippen LogP contribution is -2.41. The van der Waals surface area contributed by atoms with Gasteiger partial charge in [0.15, 0.2) is 0 Å². The Hall–Kier alpha value is -0.380. The van der Waals surface area contributed by atoms with Crippen molar-refractivity contribution in [2.45, 2.75) is 52.2 Å². The van der Waals surface area contributed by atoms with Gasteiger partial charge >= 0.3 is 0 Å². The van der Waals surface area contributed by atoms with Gasteiger partial charge in [-0.25, -0.2) is 0 Å². The third kappa shape index (κ3) is 6.53. The van der Waals surface area contributed by atoms with Crippen molar-refractivity contribution in [3.05, 3.63) is 12.2 Å². The summed E-state index contributed by atoms with van der Waals surface area (Å²) in [7, 11) is 0. The zero-order valence-electron chi connectivity index (χ0n) is 12.6. The molecule has 0 aromatic heterocycles. The van der Waals surface area contributed by atoms with Crippen molar-refractivity contribution in [2.75, 3.05) is 32.8 Å². The number of nitrogens with one attached hydrogen (secondary N) is 1. The van der Waals surface area contributed by atoms with Gasteiger partial charge in [0.05, 0.1) is 6.10 Å². The first-order chi connectivity index (χ1) is 8.40. The van der Waals surface area contributed by atoms with E-state index in [0.29, 0.717) is 6.10 Å². The second-order valence-corrected chi connectivity index (χ2v) is 6.28. The first-order valence-corrected chi connectivity index (χ1v) is 7.16. The van der Waals surface area contributed by atoms with E-state index in [1.165, 1.54) is 5.57 Å². The first-order valence-electron chi connectivity index (χ1n) is 7.16. The predicted octanol–water partition coefficient (Wildman–Crippen LogP) is 2.43. The van der Waals surface area contributed by atoms with Crippen LogP contribution in [0.5, 0.6) is 0 Å². The highest BCUT2D eigenvalue weighted by molar-refractivity contribution is 5.01. The van der Waals surface area contributed by atoms with Crippen molar-refractivity contribution in [2.24, 2.45) is 0 Å². The molecule has 0 aliphatic carbocycles. The maximum absolute atomic E-state index is 5.67. The normalized spacial score (nSPS) is 19.1. The molecule has 0 aromatic carbocycles. The molecule has 1 aliphatic heterocycles. The molecule has 3 nitrogen and oxygen atoms in total. The van der Waals surface area contributed by atoms with Crippen LogP contribution in [-0.2, 0) is 4.74 Å². The standard InChI is InChI=1S/C15H30N2O/c1-6-18-14-7-9-17(10-8-14)12-13(2)11-16-15(3,4)5/h14,16H,2,6-12H2,1,3-5H3. The Morgan fingerprint density at radius 1 is 1.33 bits per heavy atom. The maximum Gasteiger partial charge on any atom is 0.0599 e. The molecule has 0 radical (unpaired) electrons. The van der Waals surface area contributed by atoms with Crippen LogP contribution in [0.4, 0.5) is 0 Å². The van der Waals surface area contributed by atoms with Gasteiger partial charge in [-0.2, -0.15) is 0 Å². The Kier molecular flexibility index (Phi) is 6.33. The van der Waals surface area contributed by atoms with Crippen LogP contribution in [0.2, 0.25) is 0 Å². The third-order valence-electron chi connectivity index (χ3n) is 3.25. The molecule has 0 aromatic rings. The molecule has 1 saturated heterocycles. The van der Waals surface area contributed by atoms with Gasteiger partial charge in [0.1, 0.15) is 0 Å². The van der Waals surface area contributed by atoms with Gasteiger partial charge < -0.3 is 10.1 Å². The highest BCUT2D eigenvalue weighted by atomic mass is 16.5. The molecule has 0 bridgehead atoms. The Bertz CT molecular complexity index is 250. The van der Waals surface area contributed by atoms with E-state index in [1.54, 1.807) is 0 Å². The summed E-state index contributed by atoms with van der Waals surface area (Å²) in [5, 5.41) is 3.49. The van der Waals surface area contributed by atoms with Crippen molar-refractivity contribution in [3.63, 3.8) is 0 Å². The number of hydrogen-bond acceptors (Lipinski definition) is 3. The van der Waals surface area contributed by atoms with Crippen molar-refractivity contribution in [1.82, 2.24) is 10.2 Å². The molecule has 0 spiro atoms. The molecule has 0 unspecified atom stereocenters. The second-order valence-electron chi connectivity index (χ2n) is 6.28. The van der Waals surface area contributed by atoms with E-state index in [0.717, 1.165) is 45.6 Å². The molecule has 1 rings (SSSR count). The van der Waals surface area contributed by atoms with Crippen LogP contribution in [-0.4, -0.2) is 49.3 Å². The quantitative estimate of drug-likeness (QED) is 0.737. The van der Waals surface area contributed by atoms with E-state index < -0.39 is 0 Å². The fourth-order valence-electron chi connectivity index (χ4n) is 2.23. The lowest BCUT2D eigenvalue weighted by molar-refractivity contribution is 0.0161. The summed E-state index contributed by atoms with van der Waals surface area (Å²) in [6, 6.07) is 0. The molecular formula is C15H30N2O. The zero-order chi connectivity index (χ0) is 13.6. The van der Waals surface area contributed by atoms with E-state index in [1.807, 2.05) is 0 Å². The highest BCUT2D eigenvalue weighted by Crippen LogP contribution is 2.14. The molecular weight excluding hydrogens is 224 g/mol. The van der Waals surface area contributed by atoms with Crippen LogP contribution < -0.4 is 5.32 Å². The minimum atomic E-state index is 0.172. The van der Waals surface area contributed by atoms with E-state index >= 15 is 0 Å². The Balaban J connectivity index is 2.18. The fraction of sp³-hybridized carbons (Fsp3) is 0.867. The number of hydrogen-bond donors (Lipinski definition) is 1. The average molecular weight is 254 g/mol. The monoisotopic (exact) mass is 254 g/mol. The highest BCUT2D eigenvalue weighted by Gasteiger charge is 2.19. The summed E-state index contributed by atoms with van der Waals surface area (Å²) in [6.07, 6.45) is 2.80. The lowest BCUT2D eigenvalue weighted by Gasteiger charge is -2.32. The van der Waals surface area contributed by atoms with Gasteiger partial charge in [0, 0.05) is 38.3 Å². The fourth-order valence-corrected chi connectivity index (χ4v) is 2.23. The van der Waals surface area contributed by atoms with E-state index in [9.17, 15) is 0 Å². The van der Waals surface area contributed by atoms with Crippen LogP contribution in [0.1, 0.15) is 40.5 Å². The topological polar surface area (TPSA) is 24.5 Å². The number of ether oxygens (including phenoxy) is 1. The summed E-state index contributed by atoms with van der Waals surface area (Å²) in [4.78, 5) is 2.49. The number of likely N-dealkylation sites (tertiary alicyclic amines) is 1. The average Bonchev–Trinajstić information content (AvgIpc) is 2.29. The van der Waals surface area contributed by atoms with Gasteiger partial charge in [-0.05, 0) is 46.1 Å². The van der Waals surface area contributed by atoms with E-state index in [2.05, 4.69) is 44.5 Å². The van der Waals surface area contributed by atoms with Crippen molar-refractivity contribution < 1.29 is 4.74 Å². The van der Waals surface area contributed by atoms with E-state index in [-0.39, 0.29) is 5.54 Å².